The van der Waals surface area contributed by atoms with E-state index in [0.29, 0.717) is 88.6 Å². The van der Waals surface area contributed by atoms with Crippen LogP contribution in [-0.2, 0) is 0 Å². The summed E-state index contributed by atoms with van der Waals surface area (Å²) in [7, 11) is 70.5. The van der Waals surface area contributed by atoms with Crippen LogP contribution in [0.25, 0.3) is 83.6 Å². The molecule has 5 nitrogen and oxygen atoms in total. The third kappa shape index (κ3) is 5.28. The zero-order chi connectivity index (χ0) is 38.6. The van der Waals surface area contributed by atoms with Gasteiger partial charge >= 0.3 is 0 Å². The van der Waals surface area contributed by atoms with Crippen molar-refractivity contribution in [3.05, 3.63) is 78.9 Å². The molecular weight excluding hydrogens is 659 g/mol. The van der Waals surface area contributed by atoms with Gasteiger partial charge in [0.25, 0.3) is 0 Å². The van der Waals surface area contributed by atoms with E-state index in [9.17, 15) is 0 Å². The maximum Gasteiger partial charge on any atom is 0.164 e. The first-order chi connectivity index (χ1) is 26.3. The van der Waals surface area contributed by atoms with E-state index in [-0.39, 0.29) is 38.7 Å². The van der Waals surface area contributed by atoms with Crippen molar-refractivity contribution in [3.8, 4) is 39.9 Å². The van der Waals surface area contributed by atoms with Crippen molar-refractivity contribution in [2.75, 3.05) is 0 Å². The van der Waals surface area contributed by atoms with E-state index >= 15 is 0 Å². The van der Waals surface area contributed by atoms with Gasteiger partial charge in [-0.15, -0.1) is 27.3 Å². The number of nitrogens with zero attached hydrogens (tertiary/aromatic N) is 4. The van der Waals surface area contributed by atoms with Crippen LogP contribution in [0.1, 0.15) is 0 Å². The number of hydrogen-bond acceptors (Lipinski definition) is 4. The van der Waals surface area contributed by atoms with Crippen LogP contribution in [0.15, 0.2) is 83.3 Å². The summed E-state index contributed by atoms with van der Waals surface area (Å²) >= 11 is 0. The molecule has 9 aromatic rings. The zero-order valence-corrected chi connectivity index (χ0v) is 29.1. The molecule has 55 heavy (non-hydrogen) atoms. The molecule has 0 atom stereocenters. The molecule has 0 amide bonds. The molecule has 0 fully saturated rings. The van der Waals surface area contributed by atoms with Crippen LogP contribution >= 0.6 is 0 Å². The molecule has 9 rings (SSSR count). The summed E-state index contributed by atoms with van der Waals surface area (Å²) < 4.78 is 8.40. The highest BCUT2D eigenvalue weighted by atomic mass is 16.3. The fourth-order valence-corrected chi connectivity index (χ4v) is 7.37. The van der Waals surface area contributed by atoms with E-state index in [1.807, 2.05) is 71.3 Å². The van der Waals surface area contributed by atoms with E-state index in [4.69, 9.17) is 106 Å². The number of hydrogen-bond donors (Lipinski definition) is 0. The molecule has 0 saturated heterocycles. The average molecular weight is 672 g/mol. The Labute approximate surface area is 331 Å². The maximum absolute atomic E-state index is 6.63. The van der Waals surface area contributed by atoms with Gasteiger partial charge in [0.05, 0.1) is 0 Å². The van der Waals surface area contributed by atoms with Gasteiger partial charge in [0.15, 0.2) is 17.5 Å². The van der Waals surface area contributed by atoms with Crippen molar-refractivity contribution in [1.29, 1.82) is 0 Å². The highest BCUT2D eigenvalue weighted by Crippen LogP contribution is 2.38. The lowest BCUT2D eigenvalue weighted by atomic mass is 9.60. The summed E-state index contributed by atoms with van der Waals surface area (Å²) in [4.78, 5) is 14.6. The molecule has 6 aromatic carbocycles. The quantitative estimate of drug-likeness (QED) is 0.183. The van der Waals surface area contributed by atoms with Gasteiger partial charge in [0.1, 0.15) is 97.5 Å². The second kappa shape index (κ2) is 12.9. The Morgan fingerprint density at radius 2 is 1.00 bits per heavy atom. The summed E-state index contributed by atoms with van der Waals surface area (Å²) in [5.74, 6) is 0.839. The Hall–Kier alpha value is -5.36. The predicted octanol–water partition coefficient (Wildman–Crippen LogP) is -3.40. The van der Waals surface area contributed by atoms with Crippen molar-refractivity contribution in [3.63, 3.8) is 0 Å². The first-order valence-electron chi connectivity index (χ1n) is 16.9. The lowest BCUT2D eigenvalue weighted by molar-refractivity contribution is 0.668. The van der Waals surface area contributed by atoms with Gasteiger partial charge < -0.3 is 8.98 Å². The van der Waals surface area contributed by atoms with Crippen LogP contribution in [0.5, 0.6) is 0 Å². The van der Waals surface area contributed by atoms with Crippen molar-refractivity contribution in [1.82, 2.24) is 19.5 Å². The fourth-order valence-electron chi connectivity index (χ4n) is 7.37. The van der Waals surface area contributed by atoms with Crippen molar-refractivity contribution in [2.24, 2.45) is 0 Å². The fraction of sp³-hybridized carbons (Fsp3) is 0. The lowest BCUT2D eigenvalue weighted by Crippen LogP contribution is -2.55. The highest BCUT2D eigenvalue weighted by Gasteiger charge is 2.23. The number of fused-ring (bicyclic) bond motifs is 6. The Kier molecular flexibility index (Phi) is 8.27. The molecule has 228 valence electrons. The molecule has 0 aliphatic heterocycles. The van der Waals surface area contributed by atoms with Crippen molar-refractivity contribution in [2.45, 2.75) is 0 Å². The molecule has 16 heteroatoms. The first kappa shape index (κ1) is 35.4. The summed E-state index contributed by atoms with van der Waals surface area (Å²) in [5.41, 5.74) is 6.91. The van der Waals surface area contributed by atoms with Gasteiger partial charge in [-0.3, -0.25) is 0 Å². The highest BCUT2D eigenvalue weighted by molar-refractivity contribution is 6.69. The van der Waals surface area contributed by atoms with Gasteiger partial charge in [0.2, 0.25) is 0 Å². The molecule has 0 saturated carbocycles. The van der Waals surface area contributed by atoms with Crippen LogP contribution in [0, 0.1) is 0 Å². The van der Waals surface area contributed by atoms with E-state index in [0.717, 1.165) is 16.3 Å². The normalized spacial score (nSPS) is 11.7. The van der Waals surface area contributed by atoms with Crippen molar-refractivity contribution < 1.29 is 4.42 Å². The molecule has 3 aromatic heterocycles. The summed E-state index contributed by atoms with van der Waals surface area (Å²) in [6.45, 7) is 0. The summed E-state index contributed by atoms with van der Waals surface area (Å²) in [6, 6.07) is 24.0. The molecule has 22 radical (unpaired) electrons. The monoisotopic (exact) mass is 674 g/mol. The minimum Gasteiger partial charge on any atom is -0.456 e. The van der Waals surface area contributed by atoms with Crippen LogP contribution in [0.3, 0.4) is 0 Å². The van der Waals surface area contributed by atoms with E-state index in [1.54, 1.807) is 12.1 Å². The smallest absolute Gasteiger partial charge is 0.164 e. The van der Waals surface area contributed by atoms with Gasteiger partial charge in [-0.05, 0) is 29.0 Å². The number of rotatable bonds is 4. The third-order valence-corrected chi connectivity index (χ3v) is 10.1. The maximum atomic E-state index is 6.63. The molecule has 0 N–H and O–H groups in total. The SMILES string of the molecule is [B]c1cc([B])c2c(c1[B])c1c([B])c([B])cc([B])c1n2-c1ccc2c(c1)oc1cccc(-c3nc(-c4ccccc4)nc(-c4c([B])c([B])c([B])c([B])c4[B])n3)c12. The average Bonchev–Trinajstić information content (AvgIpc) is 3.75. The molecule has 0 spiro atoms. The Morgan fingerprint density at radius 1 is 0.436 bits per heavy atom. The number of furan rings is 1. The van der Waals surface area contributed by atoms with E-state index in [1.165, 1.54) is 0 Å². The minimum absolute atomic E-state index is 0.0766. The molecule has 0 aliphatic rings. The number of benzene rings is 6. The molecule has 3 heterocycles. The summed E-state index contributed by atoms with van der Waals surface area (Å²) in [5, 5.41) is 2.60. The topological polar surface area (TPSA) is 56.7 Å². The van der Waals surface area contributed by atoms with Crippen LogP contribution in [0.2, 0.25) is 0 Å². The van der Waals surface area contributed by atoms with Gasteiger partial charge in [-0.25, -0.2) is 15.0 Å². The second-order valence-corrected chi connectivity index (χ2v) is 13.3. The Balaban J connectivity index is 1.31. The molecule has 0 unspecified atom stereocenters. The van der Waals surface area contributed by atoms with E-state index in [2.05, 4.69) is 0 Å². The largest absolute Gasteiger partial charge is 0.456 e. The summed E-state index contributed by atoms with van der Waals surface area (Å²) in [6.07, 6.45) is 0. The predicted molar refractivity (Wildman–Crippen MR) is 237 cm³/mol. The molecular formula is C39H13B11N4O. The van der Waals surface area contributed by atoms with E-state index < -0.39 is 0 Å². The Bertz CT molecular complexity index is 3030. The minimum atomic E-state index is 0.0766. The van der Waals surface area contributed by atoms with Crippen LogP contribution in [0.4, 0.5) is 0 Å². The Morgan fingerprint density at radius 3 is 1.62 bits per heavy atom. The van der Waals surface area contributed by atoms with Gasteiger partial charge in [0, 0.05) is 50.2 Å². The van der Waals surface area contributed by atoms with Gasteiger partial charge in [-0.2, -0.15) is 0 Å². The second-order valence-electron chi connectivity index (χ2n) is 13.3. The molecule has 0 aliphatic carbocycles. The lowest BCUT2D eigenvalue weighted by Gasteiger charge is -2.20. The van der Waals surface area contributed by atoms with Gasteiger partial charge in [-0.1, -0.05) is 87.4 Å². The van der Waals surface area contributed by atoms with Crippen molar-refractivity contribution >= 4 is 190 Å². The zero-order valence-electron chi connectivity index (χ0n) is 29.1. The van der Waals surface area contributed by atoms with Crippen LogP contribution in [-0.4, -0.2) is 106 Å². The van der Waals surface area contributed by atoms with Crippen LogP contribution < -0.4 is 60.1 Å². The standard InChI is InChI=1S/C39H13B11N4O/c40-18-12-20(42)35-25(28(18)44)26-29(45)19(41)13-21(43)36(26)54(35)15-9-10-16-23(11-15)55-22-8-4-7-17(24(16)22)38-51-37(14-5-2-1-3-6-14)52-39(53-38)27-30(46)32(48)34(50)33(49)31(27)47/h1-13H. The first-order valence-corrected chi connectivity index (χ1v) is 16.9. The third-order valence-electron chi connectivity index (χ3n) is 10.1. The molecule has 0 bridgehead atoms. The number of aromatic nitrogens is 4.